The van der Waals surface area contributed by atoms with E-state index in [0.717, 1.165) is 12.0 Å². The van der Waals surface area contributed by atoms with E-state index in [-0.39, 0.29) is 12.2 Å². The van der Waals surface area contributed by atoms with Gasteiger partial charge in [-0.25, -0.2) is 4.79 Å². The molecule has 0 aromatic heterocycles. The first kappa shape index (κ1) is 15.5. The molecule has 1 aromatic carbocycles. The van der Waals surface area contributed by atoms with Gasteiger partial charge in [0.15, 0.2) is 0 Å². The van der Waals surface area contributed by atoms with E-state index in [2.05, 4.69) is 0 Å². The second kappa shape index (κ2) is 5.84. The SMILES string of the molecule is Cc1ccc(N)c(OC2CCN(C(=O)OC(C)(C)C)C2)c1. The molecule has 116 valence electrons. The Morgan fingerprint density at radius 1 is 1.38 bits per heavy atom. The van der Waals surface area contributed by atoms with Crippen LogP contribution in [0, 0.1) is 6.92 Å². The number of rotatable bonds is 2. The first-order valence-electron chi connectivity index (χ1n) is 7.25. The summed E-state index contributed by atoms with van der Waals surface area (Å²) in [7, 11) is 0. The lowest BCUT2D eigenvalue weighted by atomic mass is 10.2. The van der Waals surface area contributed by atoms with Crippen LogP contribution in [0.4, 0.5) is 10.5 Å². The molecule has 1 heterocycles. The van der Waals surface area contributed by atoms with Crippen LogP contribution in [0.1, 0.15) is 32.8 Å². The maximum absolute atomic E-state index is 12.0. The van der Waals surface area contributed by atoms with Crippen LogP contribution in [0.3, 0.4) is 0 Å². The number of nitrogens with zero attached hydrogens (tertiary/aromatic N) is 1. The molecular formula is C16H24N2O3. The number of carbonyl (C=O) groups excluding carboxylic acids is 1. The minimum Gasteiger partial charge on any atom is -0.486 e. The smallest absolute Gasteiger partial charge is 0.410 e. The monoisotopic (exact) mass is 292 g/mol. The summed E-state index contributed by atoms with van der Waals surface area (Å²) in [6, 6.07) is 5.71. The molecular weight excluding hydrogens is 268 g/mol. The van der Waals surface area contributed by atoms with Gasteiger partial charge < -0.3 is 20.1 Å². The Morgan fingerprint density at radius 3 is 2.76 bits per heavy atom. The Balaban J connectivity index is 1.93. The van der Waals surface area contributed by atoms with Gasteiger partial charge >= 0.3 is 6.09 Å². The quantitative estimate of drug-likeness (QED) is 0.851. The third-order valence-corrected chi connectivity index (χ3v) is 3.26. The van der Waals surface area contributed by atoms with E-state index in [4.69, 9.17) is 15.2 Å². The van der Waals surface area contributed by atoms with E-state index in [1.165, 1.54) is 0 Å². The van der Waals surface area contributed by atoms with E-state index in [9.17, 15) is 4.79 Å². The molecule has 1 saturated heterocycles. The van der Waals surface area contributed by atoms with Gasteiger partial charge in [-0.3, -0.25) is 0 Å². The van der Waals surface area contributed by atoms with Crippen molar-refractivity contribution in [2.24, 2.45) is 0 Å². The molecule has 5 heteroatoms. The number of nitrogen functional groups attached to an aromatic ring is 1. The number of ether oxygens (including phenoxy) is 2. The molecule has 1 aromatic rings. The van der Waals surface area contributed by atoms with Crippen LogP contribution in [0.25, 0.3) is 0 Å². The first-order valence-corrected chi connectivity index (χ1v) is 7.25. The molecule has 2 N–H and O–H groups in total. The van der Waals surface area contributed by atoms with Crippen molar-refractivity contribution in [3.63, 3.8) is 0 Å². The van der Waals surface area contributed by atoms with Gasteiger partial charge in [0.25, 0.3) is 0 Å². The molecule has 1 fully saturated rings. The molecule has 0 saturated carbocycles. The first-order chi connectivity index (χ1) is 9.74. The van der Waals surface area contributed by atoms with E-state index in [0.29, 0.717) is 24.5 Å². The van der Waals surface area contributed by atoms with Crippen molar-refractivity contribution in [2.45, 2.75) is 45.8 Å². The summed E-state index contributed by atoms with van der Waals surface area (Å²) in [5, 5.41) is 0. The van der Waals surface area contributed by atoms with E-state index in [1.54, 1.807) is 4.90 Å². The molecule has 0 spiro atoms. The van der Waals surface area contributed by atoms with Gasteiger partial charge in [0.05, 0.1) is 12.2 Å². The van der Waals surface area contributed by atoms with Gasteiger partial charge in [0, 0.05) is 13.0 Å². The Bertz CT molecular complexity index is 523. The second-order valence-corrected chi connectivity index (χ2v) is 6.50. The average Bonchev–Trinajstić information content (AvgIpc) is 2.80. The van der Waals surface area contributed by atoms with E-state index < -0.39 is 5.60 Å². The molecule has 0 radical (unpaired) electrons. The zero-order valence-corrected chi connectivity index (χ0v) is 13.2. The highest BCUT2D eigenvalue weighted by Gasteiger charge is 2.31. The number of carbonyl (C=O) groups is 1. The topological polar surface area (TPSA) is 64.8 Å². The highest BCUT2D eigenvalue weighted by Crippen LogP contribution is 2.26. The second-order valence-electron chi connectivity index (χ2n) is 6.50. The lowest BCUT2D eigenvalue weighted by Crippen LogP contribution is -2.36. The maximum Gasteiger partial charge on any atom is 0.410 e. The molecule has 1 aliphatic heterocycles. The minimum atomic E-state index is -0.475. The molecule has 0 bridgehead atoms. The fourth-order valence-corrected chi connectivity index (χ4v) is 2.24. The van der Waals surface area contributed by atoms with Crippen molar-refractivity contribution in [1.82, 2.24) is 4.90 Å². The van der Waals surface area contributed by atoms with Crippen molar-refractivity contribution < 1.29 is 14.3 Å². The number of amides is 1. The molecule has 1 atom stereocenters. The zero-order valence-electron chi connectivity index (χ0n) is 13.2. The van der Waals surface area contributed by atoms with Crippen molar-refractivity contribution in [2.75, 3.05) is 18.8 Å². The minimum absolute atomic E-state index is 0.0402. The summed E-state index contributed by atoms with van der Waals surface area (Å²) in [6.45, 7) is 8.76. The summed E-state index contributed by atoms with van der Waals surface area (Å²) < 4.78 is 11.3. The van der Waals surface area contributed by atoms with Crippen LogP contribution in [-0.4, -0.2) is 35.8 Å². The Hall–Kier alpha value is -1.91. The van der Waals surface area contributed by atoms with Gasteiger partial charge in [-0.05, 0) is 45.4 Å². The van der Waals surface area contributed by atoms with Crippen LogP contribution in [0.2, 0.25) is 0 Å². The fourth-order valence-electron chi connectivity index (χ4n) is 2.24. The largest absolute Gasteiger partial charge is 0.486 e. The number of anilines is 1. The van der Waals surface area contributed by atoms with Gasteiger partial charge in [-0.2, -0.15) is 0 Å². The molecule has 2 rings (SSSR count). The summed E-state index contributed by atoms with van der Waals surface area (Å²) in [5.74, 6) is 0.686. The molecule has 1 aliphatic rings. The molecule has 1 amide bonds. The molecule has 1 unspecified atom stereocenters. The summed E-state index contributed by atoms with van der Waals surface area (Å²) in [6.07, 6.45) is 0.458. The van der Waals surface area contributed by atoms with E-state index >= 15 is 0 Å². The number of benzene rings is 1. The van der Waals surface area contributed by atoms with Crippen LogP contribution >= 0.6 is 0 Å². The molecule has 5 nitrogen and oxygen atoms in total. The fraction of sp³-hybridized carbons (Fsp3) is 0.562. The molecule has 0 aliphatic carbocycles. The number of hydrogen-bond donors (Lipinski definition) is 1. The number of aryl methyl sites for hydroxylation is 1. The van der Waals surface area contributed by atoms with Crippen LogP contribution < -0.4 is 10.5 Å². The van der Waals surface area contributed by atoms with Crippen molar-refractivity contribution in [1.29, 1.82) is 0 Å². The van der Waals surface area contributed by atoms with Gasteiger partial charge in [0.1, 0.15) is 17.5 Å². The van der Waals surface area contributed by atoms with Crippen molar-refractivity contribution >= 4 is 11.8 Å². The molecule has 21 heavy (non-hydrogen) atoms. The highest BCUT2D eigenvalue weighted by atomic mass is 16.6. The zero-order chi connectivity index (χ0) is 15.6. The predicted octanol–water partition coefficient (Wildman–Crippen LogP) is 2.97. The standard InChI is InChI=1S/C16H24N2O3/c1-11-5-6-13(17)14(9-11)20-12-7-8-18(10-12)15(19)21-16(2,3)4/h5-6,9,12H,7-8,10,17H2,1-4H3. The Morgan fingerprint density at radius 2 is 2.10 bits per heavy atom. The van der Waals surface area contributed by atoms with Crippen LogP contribution in [0.15, 0.2) is 18.2 Å². The lowest BCUT2D eigenvalue weighted by molar-refractivity contribution is 0.0276. The van der Waals surface area contributed by atoms with Crippen LogP contribution in [0.5, 0.6) is 5.75 Å². The van der Waals surface area contributed by atoms with Gasteiger partial charge in [0.2, 0.25) is 0 Å². The number of likely N-dealkylation sites (tertiary alicyclic amines) is 1. The summed E-state index contributed by atoms with van der Waals surface area (Å²) in [5.41, 5.74) is 7.16. The third kappa shape index (κ3) is 4.28. The Labute approximate surface area is 126 Å². The van der Waals surface area contributed by atoms with Crippen molar-refractivity contribution in [3.05, 3.63) is 23.8 Å². The normalized spacial score (nSPS) is 18.7. The van der Waals surface area contributed by atoms with Crippen molar-refractivity contribution in [3.8, 4) is 5.75 Å². The summed E-state index contributed by atoms with van der Waals surface area (Å²) >= 11 is 0. The number of nitrogens with two attached hydrogens (primary N) is 1. The van der Waals surface area contributed by atoms with Gasteiger partial charge in [-0.1, -0.05) is 6.07 Å². The maximum atomic E-state index is 12.0. The predicted molar refractivity (Wildman–Crippen MR) is 82.4 cm³/mol. The summed E-state index contributed by atoms with van der Waals surface area (Å²) in [4.78, 5) is 13.7. The third-order valence-electron chi connectivity index (χ3n) is 3.26. The number of hydrogen-bond acceptors (Lipinski definition) is 4. The lowest BCUT2D eigenvalue weighted by Gasteiger charge is -2.24. The Kier molecular flexibility index (Phi) is 4.30. The van der Waals surface area contributed by atoms with E-state index in [1.807, 2.05) is 45.9 Å². The van der Waals surface area contributed by atoms with Gasteiger partial charge in [-0.15, -0.1) is 0 Å². The average molecular weight is 292 g/mol. The highest BCUT2D eigenvalue weighted by molar-refractivity contribution is 5.68. The van der Waals surface area contributed by atoms with Crippen LogP contribution in [-0.2, 0) is 4.74 Å².